The van der Waals surface area contributed by atoms with Crippen LogP contribution in [0.3, 0.4) is 0 Å². The molecule has 2 aliphatic heterocycles. The summed E-state index contributed by atoms with van der Waals surface area (Å²) in [5.41, 5.74) is 1.32. The number of hydrogen-bond donors (Lipinski definition) is 1. The van der Waals surface area contributed by atoms with Crippen molar-refractivity contribution in [2.45, 2.75) is 12.5 Å². The molecule has 0 amide bonds. The average Bonchev–Trinajstić information content (AvgIpc) is 2.79. The van der Waals surface area contributed by atoms with Crippen LogP contribution >= 0.6 is 0 Å². The first-order valence-electron chi connectivity index (χ1n) is 7.33. The van der Waals surface area contributed by atoms with Crippen molar-refractivity contribution in [3.8, 4) is 0 Å². The molecule has 2 fully saturated rings. The summed E-state index contributed by atoms with van der Waals surface area (Å²) in [6.07, 6.45) is 0.836. The molecule has 0 spiro atoms. The number of nitrogens with zero attached hydrogens (tertiary/aromatic N) is 1. The van der Waals surface area contributed by atoms with E-state index >= 15 is 0 Å². The fourth-order valence-corrected chi connectivity index (χ4v) is 5.12. The van der Waals surface area contributed by atoms with Crippen molar-refractivity contribution in [2.24, 2.45) is 5.92 Å². The summed E-state index contributed by atoms with van der Waals surface area (Å²) in [6.45, 7) is 3.88. The number of nitrogens with one attached hydrogen (secondary N) is 1. The van der Waals surface area contributed by atoms with Gasteiger partial charge in [0, 0.05) is 32.2 Å². The molecule has 20 heavy (non-hydrogen) atoms. The SMILES string of the molecule is O=S1(=O)CCC(CN2CCNC(c3ccccc3)C2)C1. The lowest BCUT2D eigenvalue weighted by Crippen LogP contribution is -2.47. The molecule has 2 heterocycles. The Bertz CT molecular complexity index is 544. The van der Waals surface area contributed by atoms with Gasteiger partial charge in [-0.05, 0) is 17.9 Å². The molecule has 1 aromatic carbocycles. The Morgan fingerprint density at radius 1 is 1.25 bits per heavy atom. The van der Waals surface area contributed by atoms with Crippen LogP contribution in [-0.4, -0.2) is 51.0 Å². The van der Waals surface area contributed by atoms with Crippen molar-refractivity contribution in [1.29, 1.82) is 0 Å². The highest BCUT2D eigenvalue weighted by molar-refractivity contribution is 7.91. The Morgan fingerprint density at radius 3 is 2.75 bits per heavy atom. The van der Waals surface area contributed by atoms with Crippen LogP contribution in [-0.2, 0) is 9.84 Å². The van der Waals surface area contributed by atoms with Crippen molar-refractivity contribution in [1.82, 2.24) is 10.2 Å². The summed E-state index contributed by atoms with van der Waals surface area (Å²) in [4.78, 5) is 2.42. The van der Waals surface area contributed by atoms with Crippen LogP contribution in [0.15, 0.2) is 30.3 Å². The van der Waals surface area contributed by atoms with Crippen LogP contribution in [0.2, 0.25) is 0 Å². The molecule has 110 valence electrons. The Morgan fingerprint density at radius 2 is 2.05 bits per heavy atom. The van der Waals surface area contributed by atoms with Gasteiger partial charge in [-0.1, -0.05) is 30.3 Å². The zero-order valence-electron chi connectivity index (χ0n) is 11.7. The zero-order chi connectivity index (χ0) is 14.0. The van der Waals surface area contributed by atoms with Gasteiger partial charge in [0.05, 0.1) is 11.5 Å². The van der Waals surface area contributed by atoms with Gasteiger partial charge >= 0.3 is 0 Å². The van der Waals surface area contributed by atoms with Crippen LogP contribution in [0.5, 0.6) is 0 Å². The van der Waals surface area contributed by atoms with Crippen LogP contribution in [0, 0.1) is 5.92 Å². The molecule has 2 atom stereocenters. The fraction of sp³-hybridized carbons (Fsp3) is 0.600. The molecule has 5 heteroatoms. The monoisotopic (exact) mass is 294 g/mol. The quantitative estimate of drug-likeness (QED) is 0.906. The van der Waals surface area contributed by atoms with Gasteiger partial charge in [-0.2, -0.15) is 0 Å². The fourth-order valence-electron chi connectivity index (χ4n) is 3.27. The van der Waals surface area contributed by atoms with E-state index in [1.807, 2.05) is 6.07 Å². The summed E-state index contributed by atoms with van der Waals surface area (Å²) in [7, 11) is -2.75. The minimum Gasteiger partial charge on any atom is -0.308 e. The van der Waals surface area contributed by atoms with E-state index in [9.17, 15) is 8.42 Å². The number of hydrogen-bond acceptors (Lipinski definition) is 4. The van der Waals surface area contributed by atoms with Crippen molar-refractivity contribution < 1.29 is 8.42 Å². The summed E-state index contributed by atoms with van der Waals surface area (Å²) in [5.74, 6) is 1.09. The van der Waals surface area contributed by atoms with Crippen LogP contribution in [0.1, 0.15) is 18.0 Å². The van der Waals surface area contributed by atoms with E-state index in [2.05, 4.69) is 34.5 Å². The third-order valence-corrected chi connectivity index (χ3v) is 6.14. The number of benzene rings is 1. The topological polar surface area (TPSA) is 49.4 Å². The van der Waals surface area contributed by atoms with E-state index in [0.29, 0.717) is 23.5 Å². The van der Waals surface area contributed by atoms with E-state index in [1.54, 1.807) is 0 Å². The lowest BCUT2D eigenvalue weighted by Gasteiger charge is -2.35. The molecule has 0 aromatic heterocycles. The molecule has 2 saturated heterocycles. The highest BCUT2D eigenvalue weighted by Crippen LogP contribution is 2.22. The zero-order valence-corrected chi connectivity index (χ0v) is 12.5. The second kappa shape index (κ2) is 5.84. The van der Waals surface area contributed by atoms with E-state index in [1.165, 1.54) is 5.56 Å². The van der Waals surface area contributed by atoms with Gasteiger partial charge in [-0.25, -0.2) is 8.42 Å². The lowest BCUT2D eigenvalue weighted by molar-refractivity contribution is 0.179. The summed E-state index contributed by atoms with van der Waals surface area (Å²) in [6, 6.07) is 10.8. The molecular weight excluding hydrogens is 272 g/mol. The molecule has 0 aliphatic carbocycles. The van der Waals surface area contributed by atoms with Crippen molar-refractivity contribution >= 4 is 9.84 Å². The second-order valence-electron chi connectivity index (χ2n) is 5.95. The minimum atomic E-state index is -2.75. The van der Waals surface area contributed by atoms with Crippen LogP contribution in [0.4, 0.5) is 0 Å². The standard InChI is InChI=1S/C15H22N2O2S/c18-20(19)9-6-13(12-20)10-17-8-7-16-15(11-17)14-4-2-1-3-5-14/h1-5,13,15-16H,6-12H2. The maximum absolute atomic E-state index is 11.5. The molecule has 3 rings (SSSR count). The predicted molar refractivity (Wildman–Crippen MR) is 80.4 cm³/mol. The first kappa shape index (κ1) is 14.0. The molecule has 1 N–H and O–H groups in total. The second-order valence-corrected chi connectivity index (χ2v) is 8.17. The van der Waals surface area contributed by atoms with Gasteiger partial charge in [0.1, 0.15) is 0 Å². The van der Waals surface area contributed by atoms with Crippen molar-refractivity contribution in [3.05, 3.63) is 35.9 Å². The van der Waals surface area contributed by atoms with Gasteiger partial charge in [-0.3, -0.25) is 4.90 Å². The smallest absolute Gasteiger partial charge is 0.150 e. The Hall–Kier alpha value is -0.910. The van der Waals surface area contributed by atoms with Crippen LogP contribution in [0.25, 0.3) is 0 Å². The van der Waals surface area contributed by atoms with Crippen molar-refractivity contribution in [3.63, 3.8) is 0 Å². The summed E-state index contributed by atoms with van der Waals surface area (Å²) >= 11 is 0. The maximum Gasteiger partial charge on any atom is 0.150 e. The molecule has 0 bridgehead atoms. The number of sulfone groups is 1. The molecular formula is C15H22N2O2S. The molecule has 2 aliphatic rings. The first-order valence-corrected chi connectivity index (χ1v) is 9.16. The van der Waals surface area contributed by atoms with Gasteiger partial charge in [0.25, 0.3) is 0 Å². The Kier molecular flexibility index (Phi) is 4.10. The molecule has 2 unspecified atom stereocenters. The van der Waals surface area contributed by atoms with Crippen molar-refractivity contribution in [2.75, 3.05) is 37.7 Å². The molecule has 0 radical (unpaired) electrons. The predicted octanol–water partition coefficient (Wildman–Crippen LogP) is 1.07. The summed E-state index contributed by atoms with van der Waals surface area (Å²) in [5, 5.41) is 3.55. The Balaban J connectivity index is 1.59. The van der Waals surface area contributed by atoms with Gasteiger partial charge in [-0.15, -0.1) is 0 Å². The number of piperazine rings is 1. The lowest BCUT2D eigenvalue weighted by atomic mass is 10.0. The van der Waals surface area contributed by atoms with Gasteiger partial charge in [0.15, 0.2) is 9.84 Å². The third kappa shape index (κ3) is 3.40. The van der Waals surface area contributed by atoms with E-state index in [-0.39, 0.29) is 0 Å². The maximum atomic E-state index is 11.5. The molecule has 1 aromatic rings. The largest absolute Gasteiger partial charge is 0.308 e. The van der Waals surface area contributed by atoms with E-state index in [4.69, 9.17) is 0 Å². The van der Waals surface area contributed by atoms with Gasteiger partial charge in [0.2, 0.25) is 0 Å². The average molecular weight is 294 g/mol. The Labute approximate surface area is 121 Å². The number of rotatable bonds is 3. The van der Waals surface area contributed by atoms with E-state index in [0.717, 1.165) is 32.6 Å². The highest BCUT2D eigenvalue weighted by atomic mass is 32.2. The normalized spacial score (nSPS) is 30.4. The molecule has 0 saturated carbocycles. The van der Waals surface area contributed by atoms with Gasteiger partial charge < -0.3 is 5.32 Å². The summed E-state index contributed by atoms with van der Waals surface area (Å²) < 4.78 is 23.1. The first-order chi connectivity index (χ1) is 9.62. The highest BCUT2D eigenvalue weighted by Gasteiger charge is 2.30. The minimum absolute atomic E-state index is 0.328. The van der Waals surface area contributed by atoms with Crippen LogP contribution < -0.4 is 5.32 Å². The van der Waals surface area contributed by atoms with E-state index < -0.39 is 9.84 Å². The third-order valence-electron chi connectivity index (χ3n) is 4.30. The molecule has 4 nitrogen and oxygen atoms in total.